The van der Waals surface area contributed by atoms with Gasteiger partial charge >= 0.3 is 0 Å². The maximum atomic E-state index is 11.5. The van der Waals surface area contributed by atoms with Crippen LogP contribution in [0.2, 0.25) is 0 Å². The van der Waals surface area contributed by atoms with E-state index in [1.807, 2.05) is 31.2 Å². The van der Waals surface area contributed by atoms with Crippen molar-refractivity contribution in [2.75, 3.05) is 26.0 Å². The van der Waals surface area contributed by atoms with Crippen LogP contribution in [-0.4, -0.2) is 26.2 Å². The molecule has 0 unspecified atom stereocenters. The summed E-state index contributed by atoms with van der Waals surface area (Å²) in [7, 11) is 1.57. The fourth-order valence-electron chi connectivity index (χ4n) is 1.98. The quantitative estimate of drug-likeness (QED) is 0.634. The van der Waals surface area contributed by atoms with Crippen LogP contribution in [0, 0.1) is 6.92 Å². The predicted molar refractivity (Wildman–Crippen MR) is 86.4 cm³/mol. The van der Waals surface area contributed by atoms with Crippen molar-refractivity contribution in [2.45, 2.75) is 6.92 Å². The Morgan fingerprint density at radius 3 is 2.59 bits per heavy atom. The number of nitrogens with one attached hydrogen (secondary N) is 1. The summed E-state index contributed by atoms with van der Waals surface area (Å²) in [6, 6.07) is 12.8. The van der Waals surface area contributed by atoms with Gasteiger partial charge in [-0.15, -0.1) is 0 Å². The highest BCUT2D eigenvalue weighted by Crippen LogP contribution is 2.22. The van der Waals surface area contributed by atoms with Crippen LogP contribution in [0.3, 0.4) is 0 Å². The Hall–Kier alpha value is -2.69. The van der Waals surface area contributed by atoms with Crippen LogP contribution >= 0.6 is 0 Å². The van der Waals surface area contributed by atoms with Gasteiger partial charge in [-0.3, -0.25) is 4.79 Å². The van der Waals surface area contributed by atoms with Gasteiger partial charge in [0.05, 0.1) is 5.69 Å². The van der Waals surface area contributed by atoms with Crippen LogP contribution in [0.1, 0.15) is 15.9 Å². The van der Waals surface area contributed by atoms with Gasteiger partial charge in [0.2, 0.25) is 0 Å². The lowest BCUT2D eigenvalue weighted by atomic mass is 10.2. The summed E-state index contributed by atoms with van der Waals surface area (Å²) in [6.45, 7) is 2.80. The van der Waals surface area contributed by atoms with Crippen LogP contribution in [0.25, 0.3) is 0 Å². The summed E-state index contributed by atoms with van der Waals surface area (Å²) in [5.41, 5.74) is 7.96. The Labute approximate surface area is 130 Å². The number of hydrogen-bond acceptors (Lipinski definition) is 4. The summed E-state index contributed by atoms with van der Waals surface area (Å²) in [4.78, 5) is 11.5. The van der Waals surface area contributed by atoms with E-state index in [-0.39, 0.29) is 5.91 Å². The molecule has 0 fully saturated rings. The Balaban J connectivity index is 1.85. The monoisotopic (exact) mass is 300 g/mol. The summed E-state index contributed by atoms with van der Waals surface area (Å²) >= 11 is 0. The minimum absolute atomic E-state index is 0.180. The number of rotatable bonds is 6. The van der Waals surface area contributed by atoms with Gasteiger partial charge in [0.1, 0.15) is 24.7 Å². The van der Waals surface area contributed by atoms with Gasteiger partial charge in [-0.2, -0.15) is 0 Å². The molecule has 2 aromatic carbocycles. The fourth-order valence-corrected chi connectivity index (χ4v) is 1.98. The Morgan fingerprint density at radius 2 is 1.91 bits per heavy atom. The topological polar surface area (TPSA) is 73.6 Å². The van der Waals surface area contributed by atoms with Gasteiger partial charge in [0.25, 0.3) is 5.91 Å². The minimum Gasteiger partial charge on any atom is -0.490 e. The largest absolute Gasteiger partial charge is 0.490 e. The van der Waals surface area contributed by atoms with Crippen molar-refractivity contribution in [3.8, 4) is 11.5 Å². The molecule has 5 nitrogen and oxygen atoms in total. The Morgan fingerprint density at radius 1 is 1.14 bits per heavy atom. The number of hydrogen-bond donors (Lipinski definition) is 2. The lowest BCUT2D eigenvalue weighted by Gasteiger charge is -2.11. The number of nitrogens with two attached hydrogens (primary N) is 1. The number of aryl methyl sites for hydroxylation is 1. The molecule has 0 aromatic heterocycles. The molecule has 5 heteroatoms. The fraction of sp³-hybridized carbons (Fsp3) is 0.235. The lowest BCUT2D eigenvalue weighted by molar-refractivity contribution is 0.0963. The first-order valence-corrected chi connectivity index (χ1v) is 7.04. The number of amides is 1. The van der Waals surface area contributed by atoms with Crippen molar-refractivity contribution in [1.82, 2.24) is 5.32 Å². The molecule has 2 aromatic rings. The third kappa shape index (κ3) is 4.15. The number of anilines is 1. The first-order valence-electron chi connectivity index (χ1n) is 7.04. The summed E-state index contributed by atoms with van der Waals surface area (Å²) < 4.78 is 11.2. The van der Waals surface area contributed by atoms with Crippen LogP contribution in [0.5, 0.6) is 11.5 Å². The van der Waals surface area contributed by atoms with E-state index in [0.717, 1.165) is 11.3 Å². The first-order chi connectivity index (χ1) is 10.6. The summed E-state index contributed by atoms with van der Waals surface area (Å²) in [5.74, 6) is 1.17. The molecule has 0 aliphatic heterocycles. The maximum Gasteiger partial charge on any atom is 0.251 e. The van der Waals surface area contributed by atoms with Gasteiger partial charge in [0, 0.05) is 12.6 Å². The predicted octanol–water partition coefficient (Wildman–Crippen LogP) is 2.39. The van der Waals surface area contributed by atoms with Gasteiger partial charge in [0.15, 0.2) is 0 Å². The molecule has 116 valence electrons. The molecule has 2 rings (SSSR count). The molecular formula is C17H20N2O3. The highest BCUT2D eigenvalue weighted by molar-refractivity contribution is 5.95. The van der Waals surface area contributed by atoms with Crippen molar-refractivity contribution < 1.29 is 14.3 Å². The van der Waals surface area contributed by atoms with Crippen molar-refractivity contribution >= 4 is 11.6 Å². The van der Waals surface area contributed by atoms with E-state index in [1.54, 1.807) is 25.2 Å². The van der Waals surface area contributed by atoms with Crippen molar-refractivity contribution in [3.63, 3.8) is 0 Å². The number of nitrogen functional groups attached to an aromatic ring is 1. The van der Waals surface area contributed by atoms with E-state index in [9.17, 15) is 4.79 Å². The molecule has 0 heterocycles. The third-order valence-electron chi connectivity index (χ3n) is 3.10. The zero-order chi connectivity index (χ0) is 15.9. The summed E-state index contributed by atoms with van der Waals surface area (Å²) in [6.07, 6.45) is 0. The molecule has 3 N–H and O–H groups in total. The zero-order valence-electron chi connectivity index (χ0n) is 12.8. The standard InChI is InChI=1S/C17H20N2O3/c1-12-4-3-5-14(10-12)21-8-9-22-16-7-6-13(11-15(16)18)17(20)19-2/h3-7,10-11H,8-9,18H2,1-2H3,(H,19,20). The van der Waals surface area contributed by atoms with Crippen molar-refractivity contribution in [2.24, 2.45) is 0 Å². The molecular weight excluding hydrogens is 280 g/mol. The number of carbonyl (C=O) groups is 1. The number of ether oxygens (including phenoxy) is 2. The molecule has 0 atom stereocenters. The molecule has 0 aliphatic carbocycles. The molecule has 1 amide bonds. The van der Waals surface area contributed by atoms with Gasteiger partial charge < -0.3 is 20.5 Å². The molecule has 0 bridgehead atoms. The zero-order valence-corrected chi connectivity index (χ0v) is 12.8. The average molecular weight is 300 g/mol. The Kier molecular flexibility index (Phi) is 5.25. The summed E-state index contributed by atoms with van der Waals surface area (Å²) in [5, 5.41) is 2.55. The second-order valence-electron chi connectivity index (χ2n) is 4.85. The highest BCUT2D eigenvalue weighted by atomic mass is 16.5. The van der Waals surface area contributed by atoms with Gasteiger partial charge in [-0.25, -0.2) is 0 Å². The smallest absolute Gasteiger partial charge is 0.251 e. The highest BCUT2D eigenvalue weighted by Gasteiger charge is 2.07. The lowest BCUT2D eigenvalue weighted by Crippen LogP contribution is -2.18. The van der Waals surface area contributed by atoms with E-state index < -0.39 is 0 Å². The van der Waals surface area contributed by atoms with Crippen LogP contribution in [-0.2, 0) is 0 Å². The molecule has 0 aliphatic rings. The number of benzene rings is 2. The second-order valence-corrected chi connectivity index (χ2v) is 4.85. The van der Waals surface area contributed by atoms with E-state index in [4.69, 9.17) is 15.2 Å². The molecule has 0 radical (unpaired) electrons. The van der Waals surface area contributed by atoms with E-state index in [0.29, 0.717) is 30.2 Å². The number of carbonyl (C=O) groups excluding carboxylic acids is 1. The van der Waals surface area contributed by atoms with E-state index in [1.165, 1.54) is 0 Å². The second kappa shape index (κ2) is 7.36. The van der Waals surface area contributed by atoms with Crippen molar-refractivity contribution in [1.29, 1.82) is 0 Å². The molecule has 0 spiro atoms. The molecule has 0 saturated carbocycles. The van der Waals surface area contributed by atoms with E-state index >= 15 is 0 Å². The van der Waals surface area contributed by atoms with Crippen LogP contribution in [0.4, 0.5) is 5.69 Å². The molecule has 22 heavy (non-hydrogen) atoms. The third-order valence-corrected chi connectivity index (χ3v) is 3.10. The van der Waals surface area contributed by atoms with Gasteiger partial charge in [-0.1, -0.05) is 12.1 Å². The minimum atomic E-state index is -0.180. The van der Waals surface area contributed by atoms with Crippen LogP contribution < -0.4 is 20.5 Å². The maximum absolute atomic E-state index is 11.5. The Bertz CT molecular complexity index is 656. The van der Waals surface area contributed by atoms with Crippen molar-refractivity contribution in [3.05, 3.63) is 53.6 Å². The van der Waals surface area contributed by atoms with Crippen LogP contribution in [0.15, 0.2) is 42.5 Å². The SMILES string of the molecule is CNC(=O)c1ccc(OCCOc2cccc(C)c2)c(N)c1. The first kappa shape index (κ1) is 15.7. The average Bonchev–Trinajstić information content (AvgIpc) is 2.52. The molecule has 0 saturated heterocycles. The van der Waals surface area contributed by atoms with Gasteiger partial charge in [-0.05, 0) is 42.8 Å². The normalized spacial score (nSPS) is 10.1. The van der Waals surface area contributed by atoms with E-state index in [2.05, 4.69) is 5.32 Å².